The molecule has 0 unspecified atom stereocenters. The van der Waals surface area contributed by atoms with E-state index in [0.717, 1.165) is 19.5 Å². The summed E-state index contributed by atoms with van der Waals surface area (Å²) in [6, 6.07) is 3.49. The summed E-state index contributed by atoms with van der Waals surface area (Å²) in [4.78, 5) is 17.2. The molecule has 1 N–H and O–H groups in total. The molecule has 0 radical (unpaired) electrons. The smallest absolute Gasteiger partial charge is 0.271 e. The van der Waals surface area contributed by atoms with Crippen molar-refractivity contribution >= 4 is 5.91 Å². The highest BCUT2D eigenvalue weighted by Gasteiger charge is 2.16. The Bertz CT molecular complexity index is 383. The van der Waals surface area contributed by atoms with E-state index >= 15 is 0 Å². The summed E-state index contributed by atoms with van der Waals surface area (Å²) < 4.78 is 5.72. The van der Waals surface area contributed by atoms with Crippen LogP contribution in [0, 0.1) is 0 Å². The summed E-state index contributed by atoms with van der Waals surface area (Å²) in [5.41, 5.74) is 0.437. The number of pyridine rings is 1. The largest absolute Gasteiger partial charge is 0.487 e. The van der Waals surface area contributed by atoms with Crippen LogP contribution < -0.4 is 10.1 Å². The molecule has 0 spiro atoms. The van der Waals surface area contributed by atoms with Gasteiger partial charge in [0.15, 0.2) is 0 Å². The van der Waals surface area contributed by atoms with Gasteiger partial charge in [-0.3, -0.25) is 4.79 Å². The summed E-state index contributed by atoms with van der Waals surface area (Å²) in [6.07, 6.45) is 2.83. The van der Waals surface area contributed by atoms with Crippen LogP contribution in [-0.4, -0.2) is 49.1 Å². The molecule has 0 aromatic carbocycles. The van der Waals surface area contributed by atoms with Gasteiger partial charge in [0.2, 0.25) is 0 Å². The third kappa shape index (κ3) is 2.94. The number of nitrogens with zero attached hydrogens (tertiary/aromatic N) is 2. The minimum Gasteiger partial charge on any atom is -0.487 e. The predicted octanol–water partition coefficient (Wildman–Crippen LogP) is 0.524. The van der Waals surface area contributed by atoms with Gasteiger partial charge in [-0.05, 0) is 25.1 Å². The van der Waals surface area contributed by atoms with Crippen LogP contribution in [0.15, 0.2) is 18.3 Å². The molecule has 2 rings (SSSR count). The third-order valence-corrected chi connectivity index (χ3v) is 2.68. The Morgan fingerprint density at radius 2 is 2.35 bits per heavy atom. The van der Waals surface area contributed by atoms with Crippen molar-refractivity contribution in [1.29, 1.82) is 0 Å². The fraction of sp³-hybridized carbons (Fsp3) is 0.500. The van der Waals surface area contributed by atoms with Crippen LogP contribution in [0.2, 0.25) is 0 Å². The van der Waals surface area contributed by atoms with Crippen LogP contribution in [-0.2, 0) is 0 Å². The van der Waals surface area contributed by atoms with E-state index in [4.69, 9.17) is 4.74 Å². The van der Waals surface area contributed by atoms with Crippen molar-refractivity contribution in [2.75, 3.05) is 27.2 Å². The number of nitrogens with one attached hydrogen (secondary N) is 1. The molecule has 17 heavy (non-hydrogen) atoms. The highest BCUT2D eigenvalue weighted by atomic mass is 16.5. The van der Waals surface area contributed by atoms with Gasteiger partial charge in [0.1, 0.15) is 17.5 Å². The van der Waals surface area contributed by atoms with E-state index in [2.05, 4.69) is 10.3 Å². The molecule has 0 bridgehead atoms. The first-order valence-electron chi connectivity index (χ1n) is 5.72. The van der Waals surface area contributed by atoms with Crippen LogP contribution >= 0.6 is 0 Å². The molecule has 0 saturated carbocycles. The molecule has 1 saturated heterocycles. The molecule has 1 aliphatic heterocycles. The fourth-order valence-electron chi connectivity index (χ4n) is 1.73. The molecular formula is C12H17N3O2. The van der Waals surface area contributed by atoms with E-state index in [1.54, 1.807) is 32.4 Å². The highest BCUT2D eigenvalue weighted by Crippen LogP contribution is 2.14. The molecule has 2 heterocycles. The van der Waals surface area contributed by atoms with Gasteiger partial charge in [0.05, 0.1) is 6.20 Å². The zero-order valence-corrected chi connectivity index (χ0v) is 10.1. The summed E-state index contributed by atoms with van der Waals surface area (Å²) in [5, 5.41) is 3.23. The number of hydrogen-bond acceptors (Lipinski definition) is 4. The van der Waals surface area contributed by atoms with E-state index < -0.39 is 0 Å². The van der Waals surface area contributed by atoms with Gasteiger partial charge in [-0.2, -0.15) is 0 Å². The minimum atomic E-state index is -0.0981. The lowest BCUT2D eigenvalue weighted by atomic mass is 10.3. The summed E-state index contributed by atoms with van der Waals surface area (Å²) in [5.74, 6) is 0.619. The average molecular weight is 235 g/mol. The third-order valence-electron chi connectivity index (χ3n) is 2.68. The second-order valence-electron chi connectivity index (χ2n) is 4.31. The van der Waals surface area contributed by atoms with Crippen LogP contribution in [0.3, 0.4) is 0 Å². The Labute approximate surface area is 101 Å². The number of carbonyl (C=O) groups excluding carboxylic acids is 1. The minimum absolute atomic E-state index is 0.0981. The van der Waals surface area contributed by atoms with Gasteiger partial charge in [0.25, 0.3) is 5.91 Å². The molecule has 5 nitrogen and oxygen atoms in total. The molecule has 1 aliphatic rings. The zero-order valence-electron chi connectivity index (χ0n) is 10.1. The van der Waals surface area contributed by atoms with Crippen molar-refractivity contribution in [3.05, 3.63) is 24.0 Å². The highest BCUT2D eigenvalue weighted by molar-refractivity contribution is 5.91. The van der Waals surface area contributed by atoms with E-state index in [1.807, 2.05) is 0 Å². The maximum atomic E-state index is 11.6. The Morgan fingerprint density at radius 1 is 1.53 bits per heavy atom. The topological polar surface area (TPSA) is 54.5 Å². The van der Waals surface area contributed by atoms with Crippen molar-refractivity contribution in [2.24, 2.45) is 0 Å². The van der Waals surface area contributed by atoms with Gasteiger partial charge in [-0.15, -0.1) is 0 Å². The van der Waals surface area contributed by atoms with Gasteiger partial charge >= 0.3 is 0 Å². The predicted molar refractivity (Wildman–Crippen MR) is 64.2 cm³/mol. The zero-order chi connectivity index (χ0) is 12.3. The van der Waals surface area contributed by atoms with Gasteiger partial charge in [0, 0.05) is 20.6 Å². The van der Waals surface area contributed by atoms with Crippen LogP contribution in [0.25, 0.3) is 0 Å². The Hall–Kier alpha value is -1.62. The van der Waals surface area contributed by atoms with E-state index in [-0.39, 0.29) is 12.0 Å². The second kappa shape index (κ2) is 5.14. The van der Waals surface area contributed by atoms with Gasteiger partial charge in [-0.1, -0.05) is 0 Å². The molecule has 1 fully saturated rings. The lowest BCUT2D eigenvalue weighted by Gasteiger charge is -2.13. The second-order valence-corrected chi connectivity index (χ2v) is 4.31. The molecular weight excluding hydrogens is 218 g/mol. The molecule has 0 aliphatic carbocycles. The van der Waals surface area contributed by atoms with Crippen molar-refractivity contribution in [2.45, 2.75) is 12.5 Å². The number of carbonyl (C=O) groups is 1. The van der Waals surface area contributed by atoms with Gasteiger partial charge < -0.3 is 15.0 Å². The average Bonchev–Trinajstić information content (AvgIpc) is 2.82. The van der Waals surface area contributed by atoms with Crippen molar-refractivity contribution in [3.8, 4) is 5.75 Å². The SMILES string of the molecule is CN(C)C(=O)c1ccc(O[C@@H]2CCNC2)cn1. The molecule has 1 atom stereocenters. The van der Waals surface area contributed by atoms with E-state index in [0.29, 0.717) is 11.4 Å². The number of aromatic nitrogens is 1. The number of rotatable bonds is 3. The lowest BCUT2D eigenvalue weighted by molar-refractivity contribution is 0.0822. The molecule has 1 amide bonds. The molecule has 1 aromatic heterocycles. The van der Waals surface area contributed by atoms with Crippen LogP contribution in [0.5, 0.6) is 5.75 Å². The van der Waals surface area contributed by atoms with Gasteiger partial charge in [-0.25, -0.2) is 4.98 Å². The fourth-order valence-corrected chi connectivity index (χ4v) is 1.73. The Morgan fingerprint density at radius 3 is 2.88 bits per heavy atom. The first-order chi connectivity index (χ1) is 8.16. The van der Waals surface area contributed by atoms with Crippen molar-refractivity contribution in [3.63, 3.8) is 0 Å². The molecule has 92 valence electrons. The lowest BCUT2D eigenvalue weighted by Crippen LogP contribution is -2.23. The van der Waals surface area contributed by atoms with Crippen LogP contribution in [0.1, 0.15) is 16.9 Å². The summed E-state index contributed by atoms with van der Waals surface area (Å²) in [6.45, 7) is 1.87. The molecule has 5 heteroatoms. The Kier molecular flexibility index (Phi) is 3.58. The maximum Gasteiger partial charge on any atom is 0.271 e. The molecule has 1 aromatic rings. The summed E-state index contributed by atoms with van der Waals surface area (Å²) in [7, 11) is 3.41. The first-order valence-corrected chi connectivity index (χ1v) is 5.72. The summed E-state index contributed by atoms with van der Waals surface area (Å²) >= 11 is 0. The van der Waals surface area contributed by atoms with E-state index in [9.17, 15) is 4.79 Å². The number of hydrogen-bond donors (Lipinski definition) is 1. The van der Waals surface area contributed by atoms with Crippen molar-refractivity contribution in [1.82, 2.24) is 15.2 Å². The normalized spacial score (nSPS) is 19.1. The maximum absolute atomic E-state index is 11.6. The number of ether oxygens (including phenoxy) is 1. The quantitative estimate of drug-likeness (QED) is 0.830. The Balaban J connectivity index is 1.99. The van der Waals surface area contributed by atoms with Crippen LogP contribution in [0.4, 0.5) is 0 Å². The standard InChI is InChI=1S/C12H17N3O2/c1-15(2)12(16)11-4-3-9(8-14-11)17-10-5-6-13-7-10/h3-4,8,10,13H,5-7H2,1-2H3/t10-/m1/s1. The van der Waals surface area contributed by atoms with Crippen molar-refractivity contribution < 1.29 is 9.53 Å². The number of amides is 1. The first kappa shape index (κ1) is 11.9. The van der Waals surface area contributed by atoms with E-state index in [1.165, 1.54) is 4.90 Å². The monoisotopic (exact) mass is 235 g/mol.